The summed E-state index contributed by atoms with van der Waals surface area (Å²) in [5.74, 6) is -0.138. The molecule has 1 N–H and O–H groups in total. The predicted molar refractivity (Wildman–Crippen MR) is 112 cm³/mol. The highest BCUT2D eigenvalue weighted by molar-refractivity contribution is 5.78. The average molecular weight is 400 g/mol. The minimum Gasteiger partial charge on any atom is -0.494 e. The van der Waals surface area contributed by atoms with E-state index in [4.69, 9.17) is 4.74 Å². The van der Waals surface area contributed by atoms with Gasteiger partial charge in [-0.15, -0.1) is 0 Å². The number of rotatable bonds is 8. The molecule has 0 saturated carbocycles. The van der Waals surface area contributed by atoms with E-state index in [-0.39, 0.29) is 30.1 Å². The standard InChI is InChI=1S/C23H30FN3O2/c1-26(15-19-8-9-22(29-2)21(24)14-19)17-23(28)25-20-10-12-27(13-11-20)16-18-6-4-3-5-7-18/h3-9,14,20H,10-13,15-17H2,1-2H3,(H,25,28). The first-order chi connectivity index (χ1) is 14.0. The van der Waals surface area contributed by atoms with Gasteiger partial charge in [0.25, 0.3) is 0 Å². The van der Waals surface area contributed by atoms with E-state index in [1.165, 1.54) is 18.7 Å². The van der Waals surface area contributed by atoms with Gasteiger partial charge >= 0.3 is 0 Å². The van der Waals surface area contributed by atoms with E-state index in [1.54, 1.807) is 6.07 Å². The zero-order valence-electron chi connectivity index (χ0n) is 17.2. The summed E-state index contributed by atoms with van der Waals surface area (Å²) < 4.78 is 18.8. The molecule has 29 heavy (non-hydrogen) atoms. The number of nitrogens with zero attached hydrogens (tertiary/aromatic N) is 2. The second-order valence-electron chi connectivity index (χ2n) is 7.74. The third kappa shape index (κ3) is 6.54. The SMILES string of the molecule is COc1ccc(CN(C)CC(=O)NC2CCN(Cc3ccccc3)CC2)cc1F. The molecule has 1 amide bonds. The van der Waals surface area contributed by atoms with E-state index < -0.39 is 0 Å². The summed E-state index contributed by atoms with van der Waals surface area (Å²) >= 11 is 0. The van der Waals surface area contributed by atoms with Crippen LogP contribution in [-0.4, -0.2) is 55.5 Å². The Labute approximate surface area is 172 Å². The molecule has 0 atom stereocenters. The number of halogens is 1. The highest BCUT2D eigenvalue weighted by atomic mass is 19.1. The van der Waals surface area contributed by atoms with E-state index in [0.29, 0.717) is 6.54 Å². The topological polar surface area (TPSA) is 44.8 Å². The molecule has 0 radical (unpaired) electrons. The van der Waals surface area contributed by atoms with Gasteiger partial charge in [-0.1, -0.05) is 36.4 Å². The Morgan fingerprint density at radius 3 is 2.55 bits per heavy atom. The minimum absolute atomic E-state index is 0.0167. The Morgan fingerprint density at radius 2 is 1.90 bits per heavy atom. The van der Waals surface area contributed by atoms with E-state index in [2.05, 4.69) is 34.5 Å². The first kappa shape index (κ1) is 21.3. The lowest BCUT2D eigenvalue weighted by Crippen LogP contribution is -2.46. The molecule has 0 bridgehead atoms. The Morgan fingerprint density at radius 1 is 1.17 bits per heavy atom. The summed E-state index contributed by atoms with van der Waals surface area (Å²) in [6, 6.07) is 15.6. The van der Waals surface area contributed by atoms with E-state index in [9.17, 15) is 9.18 Å². The number of hydrogen-bond acceptors (Lipinski definition) is 4. The maximum absolute atomic E-state index is 13.8. The molecule has 5 nitrogen and oxygen atoms in total. The molecule has 156 valence electrons. The van der Waals surface area contributed by atoms with Gasteiger partial charge in [-0.25, -0.2) is 4.39 Å². The molecule has 1 aliphatic rings. The van der Waals surface area contributed by atoms with Gasteiger partial charge in [0.2, 0.25) is 5.91 Å². The van der Waals surface area contributed by atoms with Crippen molar-refractivity contribution in [1.82, 2.24) is 15.1 Å². The van der Waals surface area contributed by atoms with Crippen LogP contribution in [0.4, 0.5) is 4.39 Å². The number of likely N-dealkylation sites (tertiary alicyclic amines) is 1. The largest absolute Gasteiger partial charge is 0.494 e. The molecular weight excluding hydrogens is 369 g/mol. The molecule has 0 unspecified atom stereocenters. The van der Waals surface area contributed by atoms with Crippen molar-refractivity contribution in [2.45, 2.75) is 32.0 Å². The van der Waals surface area contributed by atoms with Crippen molar-refractivity contribution in [2.75, 3.05) is 33.8 Å². The van der Waals surface area contributed by atoms with Gasteiger partial charge in [0, 0.05) is 32.2 Å². The van der Waals surface area contributed by atoms with Crippen LogP contribution in [-0.2, 0) is 17.9 Å². The molecule has 1 saturated heterocycles. The number of benzene rings is 2. The number of methoxy groups -OCH3 is 1. The summed E-state index contributed by atoms with van der Waals surface area (Å²) in [6.45, 7) is 3.73. The molecule has 2 aromatic rings. The lowest BCUT2D eigenvalue weighted by atomic mass is 10.0. The van der Waals surface area contributed by atoms with Crippen LogP contribution >= 0.6 is 0 Å². The number of likely N-dealkylation sites (N-methyl/N-ethyl adjacent to an activating group) is 1. The predicted octanol–water partition coefficient (Wildman–Crippen LogP) is 3.05. The zero-order valence-corrected chi connectivity index (χ0v) is 17.2. The van der Waals surface area contributed by atoms with Crippen molar-refractivity contribution in [3.8, 4) is 5.75 Å². The third-order valence-corrected chi connectivity index (χ3v) is 5.28. The maximum atomic E-state index is 13.8. The van der Waals surface area contributed by atoms with Crippen molar-refractivity contribution < 1.29 is 13.9 Å². The van der Waals surface area contributed by atoms with Crippen LogP contribution in [0.5, 0.6) is 5.75 Å². The highest BCUT2D eigenvalue weighted by Gasteiger charge is 2.21. The molecule has 0 aliphatic carbocycles. The van der Waals surface area contributed by atoms with E-state index in [1.807, 2.05) is 24.1 Å². The molecule has 1 fully saturated rings. The Bertz CT molecular complexity index is 792. The number of ether oxygens (including phenoxy) is 1. The number of carbonyl (C=O) groups excluding carboxylic acids is 1. The van der Waals surface area contributed by atoms with Crippen molar-refractivity contribution in [1.29, 1.82) is 0 Å². The van der Waals surface area contributed by atoms with Crippen molar-refractivity contribution in [3.63, 3.8) is 0 Å². The van der Waals surface area contributed by atoms with Crippen molar-refractivity contribution in [2.24, 2.45) is 0 Å². The molecule has 0 spiro atoms. The van der Waals surface area contributed by atoms with Gasteiger partial charge in [0.15, 0.2) is 11.6 Å². The van der Waals surface area contributed by atoms with Gasteiger partial charge in [-0.2, -0.15) is 0 Å². The molecule has 3 rings (SSSR count). The first-order valence-corrected chi connectivity index (χ1v) is 10.1. The van der Waals surface area contributed by atoms with Gasteiger partial charge in [-0.05, 0) is 43.1 Å². The minimum atomic E-state index is -0.384. The average Bonchev–Trinajstić information content (AvgIpc) is 2.70. The number of carbonyl (C=O) groups is 1. The van der Waals surface area contributed by atoms with Gasteiger partial charge in [0.1, 0.15) is 0 Å². The molecular formula is C23H30FN3O2. The monoisotopic (exact) mass is 399 g/mol. The molecule has 6 heteroatoms. The van der Waals surface area contributed by atoms with Crippen LogP contribution in [0.3, 0.4) is 0 Å². The third-order valence-electron chi connectivity index (χ3n) is 5.28. The number of piperidine rings is 1. The summed E-state index contributed by atoms with van der Waals surface area (Å²) in [6.07, 6.45) is 1.93. The first-order valence-electron chi connectivity index (χ1n) is 10.1. The summed E-state index contributed by atoms with van der Waals surface area (Å²) in [5, 5.41) is 3.15. The Kier molecular flexibility index (Phi) is 7.61. The zero-order chi connectivity index (χ0) is 20.6. The van der Waals surface area contributed by atoms with Crippen LogP contribution < -0.4 is 10.1 Å². The molecule has 1 aliphatic heterocycles. The fraction of sp³-hybridized carbons (Fsp3) is 0.435. The normalized spacial score (nSPS) is 15.4. The number of hydrogen-bond donors (Lipinski definition) is 1. The second kappa shape index (κ2) is 10.4. The van der Waals surface area contributed by atoms with E-state index >= 15 is 0 Å². The quantitative estimate of drug-likeness (QED) is 0.741. The summed E-state index contributed by atoms with van der Waals surface area (Å²) in [7, 11) is 3.31. The fourth-order valence-corrected chi connectivity index (χ4v) is 3.77. The van der Waals surface area contributed by atoms with Crippen LogP contribution in [0.1, 0.15) is 24.0 Å². The molecule has 0 aromatic heterocycles. The molecule has 2 aromatic carbocycles. The lowest BCUT2D eigenvalue weighted by Gasteiger charge is -2.32. The Hall–Kier alpha value is -2.44. The van der Waals surface area contributed by atoms with Gasteiger partial charge in [0.05, 0.1) is 13.7 Å². The van der Waals surface area contributed by atoms with E-state index in [0.717, 1.165) is 38.0 Å². The van der Waals surface area contributed by atoms with Crippen LogP contribution in [0.25, 0.3) is 0 Å². The van der Waals surface area contributed by atoms with Crippen LogP contribution in [0.2, 0.25) is 0 Å². The van der Waals surface area contributed by atoms with Crippen molar-refractivity contribution >= 4 is 5.91 Å². The lowest BCUT2D eigenvalue weighted by molar-refractivity contribution is -0.123. The smallest absolute Gasteiger partial charge is 0.234 e. The number of amides is 1. The van der Waals surface area contributed by atoms with Gasteiger partial charge in [-0.3, -0.25) is 14.6 Å². The fourth-order valence-electron chi connectivity index (χ4n) is 3.77. The van der Waals surface area contributed by atoms with Crippen LogP contribution in [0.15, 0.2) is 48.5 Å². The van der Waals surface area contributed by atoms with Crippen LogP contribution in [0, 0.1) is 5.82 Å². The van der Waals surface area contributed by atoms with Crippen molar-refractivity contribution in [3.05, 3.63) is 65.5 Å². The second-order valence-corrected chi connectivity index (χ2v) is 7.74. The maximum Gasteiger partial charge on any atom is 0.234 e. The molecule has 1 heterocycles. The number of nitrogens with one attached hydrogen (secondary N) is 1. The summed E-state index contributed by atoms with van der Waals surface area (Å²) in [4.78, 5) is 16.7. The Balaban J connectivity index is 1.39. The highest BCUT2D eigenvalue weighted by Crippen LogP contribution is 2.18. The summed E-state index contributed by atoms with van der Waals surface area (Å²) in [5.41, 5.74) is 2.14. The van der Waals surface area contributed by atoms with Gasteiger partial charge < -0.3 is 10.1 Å².